The lowest BCUT2D eigenvalue weighted by Gasteiger charge is -2.35. The monoisotopic (exact) mass is 269 g/mol. The Kier molecular flexibility index (Phi) is 5.23. The van der Waals surface area contributed by atoms with Crippen molar-refractivity contribution in [1.82, 2.24) is 9.80 Å². The van der Waals surface area contributed by atoms with Gasteiger partial charge < -0.3 is 10.8 Å². The number of hydrogen-bond acceptors (Lipinski definition) is 4. The Morgan fingerprint density at radius 1 is 1.11 bits per heavy atom. The molecular formula is C15H31N3O. The van der Waals surface area contributed by atoms with Crippen molar-refractivity contribution in [2.45, 2.75) is 63.6 Å². The van der Waals surface area contributed by atoms with Crippen molar-refractivity contribution in [3.8, 4) is 0 Å². The molecule has 4 nitrogen and oxygen atoms in total. The van der Waals surface area contributed by atoms with E-state index < -0.39 is 5.60 Å². The Bertz CT molecular complexity index is 273. The van der Waals surface area contributed by atoms with E-state index in [1.54, 1.807) is 0 Å². The first-order chi connectivity index (χ1) is 9.06. The van der Waals surface area contributed by atoms with E-state index in [1.165, 1.54) is 6.42 Å². The second-order valence-corrected chi connectivity index (χ2v) is 6.48. The van der Waals surface area contributed by atoms with E-state index in [-0.39, 0.29) is 0 Å². The Morgan fingerprint density at radius 2 is 1.74 bits per heavy atom. The van der Waals surface area contributed by atoms with E-state index in [2.05, 4.69) is 23.6 Å². The predicted molar refractivity (Wildman–Crippen MR) is 79.2 cm³/mol. The van der Waals surface area contributed by atoms with Crippen molar-refractivity contribution >= 4 is 0 Å². The van der Waals surface area contributed by atoms with Gasteiger partial charge in [0.25, 0.3) is 0 Å². The Hall–Kier alpha value is -0.160. The lowest BCUT2D eigenvalue weighted by molar-refractivity contribution is 0.000470. The van der Waals surface area contributed by atoms with Crippen LogP contribution in [0.2, 0.25) is 0 Å². The summed E-state index contributed by atoms with van der Waals surface area (Å²) >= 11 is 0. The molecule has 2 rings (SSSR count). The molecule has 112 valence electrons. The van der Waals surface area contributed by atoms with Crippen LogP contribution in [0.5, 0.6) is 0 Å². The van der Waals surface area contributed by atoms with Crippen molar-refractivity contribution in [3.63, 3.8) is 0 Å². The van der Waals surface area contributed by atoms with E-state index in [9.17, 15) is 5.11 Å². The number of aliphatic hydroxyl groups is 1. The zero-order valence-electron chi connectivity index (χ0n) is 12.6. The summed E-state index contributed by atoms with van der Waals surface area (Å²) in [5.74, 6) is 0. The molecule has 0 spiro atoms. The maximum absolute atomic E-state index is 10.4. The molecule has 0 bridgehead atoms. The predicted octanol–water partition coefficient (Wildman–Crippen LogP) is 1.03. The van der Waals surface area contributed by atoms with Crippen LogP contribution in [-0.4, -0.2) is 65.3 Å². The van der Waals surface area contributed by atoms with Gasteiger partial charge in [0.2, 0.25) is 0 Å². The van der Waals surface area contributed by atoms with Crippen molar-refractivity contribution in [3.05, 3.63) is 0 Å². The van der Waals surface area contributed by atoms with E-state index in [0.29, 0.717) is 12.1 Å². The molecule has 2 saturated heterocycles. The summed E-state index contributed by atoms with van der Waals surface area (Å²) in [7, 11) is 0. The van der Waals surface area contributed by atoms with Gasteiger partial charge in [-0.1, -0.05) is 13.8 Å². The molecule has 4 heteroatoms. The second-order valence-electron chi connectivity index (χ2n) is 6.48. The summed E-state index contributed by atoms with van der Waals surface area (Å²) in [6.45, 7) is 9.58. The molecule has 2 fully saturated rings. The highest BCUT2D eigenvalue weighted by molar-refractivity contribution is 4.90. The molecule has 0 saturated carbocycles. The van der Waals surface area contributed by atoms with Gasteiger partial charge in [-0.05, 0) is 51.7 Å². The normalized spacial score (nSPS) is 28.1. The van der Waals surface area contributed by atoms with Crippen LogP contribution in [0.1, 0.15) is 46.0 Å². The molecule has 2 heterocycles. The standard InChI is InChI=1S/C15H31N3O/c1-3-15(19,4-2)12-17-8-7-14(11-17)18-9-5-13(16)6-10-18/h13-14,19H,3-12,16H2,1-2H3. The van der Waals surface area contributed by atoms with Crippen molar-refractivity contribution in [2.75, 3.05) is 32.7 Å². The Labute approximate surface area is 117 Å². The third-order valence-electron chi connectivity index (χ3n) is 5.17. The van der Waals surface area contributed by atoms with Crippen LogP contribution < -0.4 is 5.73 Å². The molecule has 0 radical (unpaired) electrons. The summed E-state index contributed by atoms with van der Waals surface area (Å²) in [5, 5.41) is 10.4. The molecule has 1 atom stereocenters. The number of nitrogens with zero attached hydrogens (tertiary/aromatic N) is 2. The molecule has 0 aromatic heterocycles. The van der Waals surface area contributed by atoms with E-state index in [4.69, 9.17) is 5.73 Å². The summed E-state index contributed by atoms with van der Waals surface area (Å²) in [6.07, 6.45) is 5.24. The Morgan fingerprint density at radius 3 is 2.32 bits per heavy atom. The van der Waals surface area contributed by atoms with Gasteiger partial charge >= 0.3 is 0 Å². The molecule has 3 N–H and O–H groups in total. The molecule has 2 aliphatic heterocycles. The number of nitrogens with two attached hydrogens (primary N) is 1. The van der Waals surface area contributed by atoms with E-state index >= 15 is 0 Å². The molecule has 0 amide bonds. The fraction of sp³-hybridized carbons (Fsp3) is 1.00. The van der Waals surface area contributed by atoms with Crippen molar-refractivity contribution in [2.24, 2.45) is 5.73 Å². The number of likely N-dealkylation sites (tertiary alicyclic amines) is 2. The minimum absolute atomic E-state index is 0.416. The average molecular weight is 269 g/mol. The first-order valence-electron chi connectivity index (χ1n) is 8.00. The second kappa shape index (κ2) is 6.53. The largest absolute Gasteiger partial charge is 0.389 e. The quantitative estimate of drug-likeness (QED) is 0.783. The van der Waals surface area contributed by atoms with Gasteiger partial charge in [0.05, 0.1) is 5.60 Å². The van der Waals surface area contributed by atoms with Crippen LogP contribution in [0, 0.1) is 0 Å². The maximum Gasteiger partial charge on any atom is 0.0768 e. The molecule has 0 aromatic carbocycles. The van der Waals surface area contributed by atoms with Crippen LogP contribution in [-0.2, 0) is 0 Å². The Balaban J connectivity index is 1.80. The van der Waals surface area contributed by atoms with Crippen LogP contribution in [0.3, 0.4) is 0 Å². The summed E-state index contributed by atoms with van der Waals surface area (Å²) in [4.78, 5) is 5.06. The van der Waals surface area contributed by atoms with Crippen LogP contribution >= 0.6 is 0 Å². The van der Waals surface area contributed by atoms with Gasteiger partial charge in [-0.2, -0.15) is 0 Å². The first-order valence-corrected chi connectivity index (χ1v) is 8.00. The molecule has 2 aliphatic rings. The highest BCUT2D eigenvalue weighted by atomic mass is 16.3. The zero-order chi connectivity index (χ0) is 13.9. The number of rotatable bonds is 5. The lowest BCUT2D eigenvalue weighted by atomic mass is 9.97. The molecule has 1 unspecified atom stereocenters. The molecular weight excluding hydrogens is 238 g/mol. The van der Waals surface area contributed by atoms with Crippen LogP contribution in [0.25, 0.3) is 0 Å². The van der Waals surface area contributed by atoms with Gasteiger partial charge in [-0.15, -0.1) is 0 Å². The summed E-state index contributed by atoms with van der Waals surface area (Å²) in [6, 6.07) is 1.10. The SMILES string of the molecule is CCC(O)(CC)CN1CCC(N2CCC(N)CC2)C1. The van der Waals surface area contributed by atoms with Gasteiger partial charge in [-0.25, -0.2) is 0 Å². The fourth-order valence-electron chi connectivity index (χ4n) is 3.43. The fourth-order valence-corrected chi connectivity index (χ4v) is 3.43. The number of β-amino-alcohol motifs (C(OH)–C–C–N with tert-alkyl or cyclic N) is 1. The topological polar surface area (TPSA) is 52.7 Å². The van der Waals surface area contributed by atoms with Crippen molar-refractivity contribution < 1.29 is 5.11 Å². The van der Waals surface area contributed by atoms with Crippen molar-refractivity contribution in [1.29, 1.82) is 0 Å². The van der Waals surface area contributed by atoms with Crippen LogP contribution in [0.4, 0.5) is 0 Å². The van der Waals surface area contributed by atoms with E-state index in [0.717, 1.165) is 58.4 Å². The smallest absolute Gasteiger partial charge is 0.0768 e. The van der Waals surface area contributed by atoms with Gasteiger partial charge in [-0.3, -0.25) is 9.80 Å². The first kappa shape index (κ1) is 15.2. The number of hydrogen-bond donors (Lipinski definition) is 2. The third-order valence-corrected chi connectivity index (χ3v) is 5.17. The van der Waals surface area contributed by atoms with Crippen LogP contribution in [0.15, 0.2) is 0 Å². The lowest BCUT2D eigenvalue weighted by Crippen LogP contribution is -2.47. The molecule has 19 heavy (non-hydrogen) atoms. The molecule has 0 aromatic rings. The van der Waals surface area contributed by atoms with E-state index in [1.807, 2.05) is 0 Å². The molecule has 0 aliphatic carbocycles. The van der Waals surface area contributed by atoms with Gasteiger partial charge in [0, 0.05) is 25.2 Å². The number of piperidine rings is 1. The minimum atomic E-state index is -0.487. The summed E-state index contributed by atoms with van der Waals surface area (Å²) in [5.41, 5.74) is 5.49. The third kappa shape index (κ3) is 3.91. The highest BCUT2D eigenvalue weighted by Gasteiger charge is 2.33. The highest BCUT2D eigenvalue weighted by Crippen LogP contribution is 2.23. The minimum Gasteiger partial charge on any atom is -0.389 e. The maximum atomic E-state index is 10.4. The summed E-state index contributed by atoms with van der Waals surface area (Å²) < 4.78 is 0. The van der Waals surface area contributed by atoms with Gasteiger partial charge in [0.1, 0.15) is 0 Å². The zero-order valence-corrected chi connectivity index (χ0v) is 12.6. The average Bonchev–Trinajstić information content (AvgIpc) is 2.87. The van der Waals surface area contributed by atoms with Gasteiger partial charge in [0.15, 0.2) is 0 Å².